The molecule has 2 atom stereocenters. The fourth-order valence-electron chi connectivity index (χ4n) is 2.46. The summed E-state index contributed by atoms with van der Waals surface area (Å²) in [7, 11) is 0. The lowest BCUT2D eigenvalue weighted by molar-refractivity contribution is 0.144. The normalized spacial score (nSPS) is 23.0. The van der Waals surface area contributed by atoms with Gasteiger partial charge in [0.1, 0.15) is 5.82 Å². The maximum absolute atomic E-state index is 10.2. The first-order chi connectivity index (χ1) is 9.15. The minimum atomic E-state index is -0.466. The predicted octanol–water partition coefficient (Wildman–Crippen LogP) is 1.17. The Balaban J connectivity index is 1.85. The van der Waals surface area contributed by atoms with Crippen molar-refractivity contribution < 1.29 is 5.11 Å². The monoisotopic (exact) mass is 323 g/mol. The molecule has 0 spiro atoms. The Morgan fingerprint density at radius 3 is 2.95 bits per heavy atom. The number of nitrogens with zero attached hydrogens (tertiary/aromatic N) is 5. The van der Waals surface area contributed by atoms with Gasteiger partial charge >= 0.3 is 0 Å². The molecule has 0 amide bonds. The average molecular weight is 324 g/mol. The van der Waals surface area contributed by atoms with E-state index >= 15 is 0 Å². The van der Waals surface area contributed by atoms with E-state index in [-0.39, 0.29) is 6.04 Å². The zero-order chi connectivity index (χ0) is 13.4. The van der Waals surface area contributed by atoms with Gasteiger partial charge < -0.3 is 10.0 Å². The molecular weight excluding hydrogens is 310 g/mol. The third-order valence-corrected chi connectivity index (χ3v) is 3.79. The minimum Gasteiger partial charge on any atom is -0.389 e. The number of β-amino-alcohol motifs (C(OH)–C–C–N with tert-alkyl or cyclic N) is 1. The Morgan fingerprint density at radius 1 is 1.42 bits per heavy atom. The van der Waals surface area contributed by atoms with Crippen molar-refractivity contribution in [3.8, 4) is 0 Å². The fraction of sp³-hybridized carbons (Fsp3) is 0.417. The van der Waals surface area contributed by atoms with Crippen molar-refractivity contribution >= 4 is 21.7 Å². The van der Waals surface area contributed by atoms with E-state index in [9.17, 15) is 5.11 Å². The van der Waals surface area contributed by atoms with E-state index in [1.807, 2.05) is 13.0 Å². The van der Waals surface area contributed by atoms with Gasteiger partial charge in [0.15, 0.2) is 0 Å². The van der Waals surface area contributed by atoms with Crippen LogP contribution in [0, 0.1) is 6.92 Å². The van der Waals surface area contributed by atoms with Gasteiger partial charge in [-0.1, -0.05) is 5.21 Å². The highest BCUT2D eigenvalue weighted by molar-refractivity contribution is 9.10. The molecule has 100 valence electrons. The van der Waals surface area contributed by atoms with Crippen LogP contribution in [0.3, 0.4) is 0 Å². The lowest BCUT2D eigenvalue weighted by atomic mass is 10.2. The van der Waals surface area contributed by atoms with Gasteiger partial charge in [0, 0.05) is 30.0 Å². The van der Waals surface area contributed by atoms with Gasteiger partial charge in [0.2, 0.25) is 0 Å². The molecule has 7 heteroatoms. The van der Waals surface area contributed by atoms with Crippen molar-refractivity contribution in [2.24, 2.45) is 0 Å². The van der Waals surface area contributed by atoms with Gasteiger partial charge in [0.25, 0.3) is 0 Å². The lowest BCUT2D eigenvalue weighted by Gasteiger charge is -2.19. The van der Waals surface area contributed by atoms with Crippen LogP contribution < -0.4 is 4.90 Å². The summed E-state index contributed by atoms with van der Waals surface area (Å²) in [5.41, 5.74) is 1.08. The minimum absolute atomic E-state index is 0.0765. The zero-order valence-corrected chi connectivity index (χ0v) is 12.0. The summed E-state index contributed by atoms with van der Waals surface area (Å²) in [5, 5.41) is 17.9. The molecule has 1 N–H and O–H groups in total. The predicted molar refractivity (Wildman–Crippen MR) is 74.0 cm³/mol. The van der Waals surface area contributed by atoms with Crippen molar-refractivity contribution in [2.75, 3.05) is 18.0 Å². The molecule has 1 aliphatic rings. The highest BCUT2D eigenvalue weighted by atomic mass is 79.9. The van der Waals surface area contributed by atoms with Crippen LogP contribution >= 0.6 is 15.9 Å². The second kappa shape index (κ2) is 4.90. The van der Waals surface area contributed by atoms with Crippen LogP contribution in [0.4, 0.5) is 5.82 Å². The number of aliphatic hydroxyl groups is 1. The van der Waals surface area contributed by atoms with Crippen molar-refractivity contribution in [1.82, 2.24) is 20.0 Å². The Morgan fingerprint density at radius 2 is 2.26 bits per heavy atom. The van der Waals surface area contributed by atoms with Crippen LogP contribution in [0.1, 0.15) is 11.6 Å². The Labute approximate surface area is 119 Å². The number of hydrogen-bond donors (Lipinski definition) is 1. The molecule has 1 saturated heterocycles. The topological polar surface area (TPSA) is 67.1 Å². The number of hydrogen-bond acceptors (Lipinski definition) is 5. The summed E-state index contributed by atoms with van der Waals surface area (Å²) >= 11 is 3.41. The average Bonchev–Trinajstić information content (AvgIpc) is 2.98. The molecule has 0 radical (unpaired) electrons. The summed E-state index contributed by atoms with van der Waals surface area (Å²) < 4.78 is 2.67. The molecule has 1 fully saturated rings. The summed E-state index contributed by atoms with van der Waals surface area (Å²) in [6.45, 7) is 3.25. The molecule has 1 aliphatic heterocycles. The highest BCUT2D eigenvalue weighted by Gasteiger charge is 2.34. The molecule has 0 bridgehead atoms. The van der Waals surface area contributed by atoms with Crippen LogP contribution in [0.25, 0.3) is 0 Å². The summed E-state index contributed by atoms with van der Waals surface area (Å²) in [4.78, 5) is 6.51. The van der Waals surface area contributed by atoms with E-state index in [1.54, 1.807) is 23.3 Å². The maximum atomic E-state index is 10.2. The highest BCUT2D eigenvalue weighted by Crippen LogP contribution is 2.28. The van der Waals surface area contributed by atoms with Gasteiger partial charge in [-0.3, -0.25) is 0 Å². The van der Waals surface area contributed by atoms with Crippen LogP contribution in [0.2, 0.25) is 0 Å². The number of rotatable bonds is 2. The lowest BCUT2D eigenvalue weighted by Crippen LogP contribution is -2.23. The van der Waals surface area contributed by atoms with Gasteiger partial charge in [-0.05, 0) is 34.5 Å². The molecule has 0 saturated carbocycles. The van der Waals surface area contributed by atoms with Crippen molar-refractivity contribution in [1.29, 1.82) is 0 Å². The van der Waals surface area contributed by atoms with E-state index in [0.717, 1.165) is 15.9 Å². The van der Waals surface area contributed by atoms with E-state index < -0.39 is 6.10 Å². The number of anilines is 1. The fourth-order valence-corrected chi connectivity index (χ4v) is 2.91. The molecule has 3 heterocycles. The Bertz CT molecular complexity index is 574. The van der Waals surface area contributed by atoms with Crippen molar-refractivity contribution in [2.45, 2.75) is 19.1 Å². The number of aromatic nitrogens is 4. The van der Waals surface area contributed by atoms with Gasteiger partial charge in [0.05, 0.1) is 18.3 Å². The first-order valence-corrected chi connectivity index (χ1v) is 6.85. The summed E-state index contributed by atoms with van der Waals surface area (Å²) in [6, 6.07) is 1.95. The first kappa shape index (κ1) is 12.6. The van der Waals surface area contributed by atoms with E-state index in [1.165, 1.54) is 0 Å². The van der Waals surface area contributed by atoms with Crippen LogP contribution in [0.15, 0.2) is 29.1 Å². The van der Waals surface area contributed by atoms with Crippen LogP contribution in [-0.4, -0.2) is 44.3 Å². The first-order valence-electron chi connectivity index (χ1n) is 6.06. The van der Waals surface area contributed by atoms with E-state index in [4.69, 9.17) is 0 Å². The largest absolute Gasteiger partial charge is 0.389 e. The Hall–Kier alpha value is -1.47. The Kier molecular flexibility index (Phi) is 3.24. The van der Waals surface area contributed by atoms with Crippen molar-refractivity contribution in [3.63, 3.8) is 0 Å². The molecular formula is C12H14BrN5O. The summed E-state index contributed by atoms with van der Waals surface area (Å²) in [6.07, 6.45) is 4.71. The van der Waals surface area contributed by atoms with Gasteiger partial charge in [-0.2, -0.15) is 0 Å². The van der Waals surface area contributed by atoms with E-state index in [0.29, 0.717) is 13.1 Å². The second-order valence-electron chi connectivity index (χ2n) is 4.72. The number of aryl methyl sites for hydroxylation is 1. The molecule has 0 aliphatic carbocycles. The molecule has 6 nitrogen and oxygen atoms in total. The molecule has 19 heavy (non-hydrogen) atoms. The van der Waals surface area contributed by atoms with Crippen LogP contribution in [-0.2, 0) is 0 Å². The van der Waals surface area contributed by atoms with Gasteiger partial charge in [-0.25, -0.2) is 9.67 Å². The summed E-state index contributed by atoms with van der Waals surface area (Å²) in [5.74, 6) is 0.907. The van der Waals surface area contributed by atoms with Crippen LogP contribution in [0.5, 0.6) is 0 Å². The van der Waals surface area contributed by atoms with Gasteiger partial charge in [-0.15, -0.1) is 5.10 Å². The van der Waals surface area contributed by atoms with E-state index in [2.05, 4.69) is 36.1 Å². The molecule has 0 unspecified atom stereocenters. The number of aliphatic hydroxyl groups excluding tert-OH is 1. The third-order valence-electron chi connectivity index (χ3n) is 3.36. The van der Waals surface area contributed by atoms with Crippen molar-refractivity contribution in [3.05, 3.63) is 34.7 Å². The number of halogens is 1. The number of pyridine rings is 1. The molecule has 2 aromatic heterocycles. The smallest absolute Gasteiger partial charge is 0.131 e. The quantitative estimate of drug-likeness (QED) is 0.898. The maximum Gasteiger partial charge on any atom is 0.131 e. The molecule has 0 aromatic carbocycles. The standard InChI is InChI=1S/C12H14BrN5O/c1-8-4-9(13)5-14-12(8)17-6-10(11(19)7-17)18-3-2-15-16-18/h2-5,10-11,19H,6-7H2,1H3/t10-,11-/m1/s1. The third kappa shape index (κ3) is 2.35. The molecule has 3 rings (SSSR count). The zero-order valence-electron chi connectivity index (χ0n) is 10.4. The SMILES string of the molecule is Cc1cc(Br)cnc1N1C[C@@H](O)[C@H](n2ccnn2)C1. The molecule has 2 aromatic rings. The second-order valence-corrected chi connectivity index (χ2v) is 5.63.